The third kappa shape index (κ3) is 3.67. The average molecular weight is 343 g/mol. The van der Waals surface area contributed by atoms with Gasteiger partial charge >= 0.3 is 0 Å². The van der Waals surface area contributed by atoms with Crippen LogP contribution in [-0.2, 0) is 0 Å². The molecule has 2 atom stereocenters. The van der Waals surface area contributed by atoms with Gasteiger partial charge < -0.3 is 10.2 Å². The normalized spacial score (nSPS) is 21.5. The predicted octanol–water partition coefficient (Wildman–Crippen LogP) is 4.06. The van der Waals surface area contributed by atoms with E-state index in [4.69, 9.17) is 0 Å². The summed E-state index contributed by atoms with van der Waals surface area (Å²) in [6.07, 6.45) is 1.26. The first-order valence-electron chi connectivity index (χ1n) is 6.99. The summed E-state index contributed by atoms with van der Waals surface area (Å²) in [5, 5.41) is 4.13. The highest BCUT2D eigenvalue weighted by Gasteiger charge is 2.22. The molecule has 1 fully saturated rings. The van der Waals surface area contributed by atoms with Crippen LogP contribution in [0.2, 0.25) is 0 Å². The van der Waals surface area contributed by atoms with E-state index in [0.717, 1.165) is 11.8 Å². The van der Waals surface area contributed by atoms with E-state index in [0.29, 0.717) is 6.04 Å². The van der Waals surface area contributed by atoms with Crippen LogP contribution in [0.5, 0.6) is 0 Å². The highest BCUT2D eigenvalue weighted by molar-refractivity contribution is 9.10. The van der Waals surface area contributed by atoms with E-state index < -0.39 is 0 Å². The molecule has 2 rings (SSSR count). The smallest absolute Gasteiger partial charge is 0.0426 e. The fourth-order valence-electron chi connectivity index (χ4n) is 2.50. The van der Waals surface area contributed by atoms with Crippen molar-refractivity contribution in [2.24, 2.45) is 0 Å². The van der Waals surface area contributed by atoms with E-state index in [-0.39, 0.29) is 0 Å². The Labute approximate surface area is 129 Å². The van der Waals surface area contributed by atoms with Crippen molar-refractivity contribution in [1.29, 1.82) is 0 Å². The second-order valence-electron chi connectivity index (χ2n) is 5.06. The lowest BCUT2D eigenvalue weighted by Crippen LogP contribution is -2.38. The predicted molar refractivity (Wildman–Crippen MR) is 90.4 cm³/mol. The molecule has 0 spiro atoms. The van der Waals surface area contributed by atoms with E-state index in [9.17, 15) is 0 Å². The lowest BCUT2D eigenvalue weighted by Gasteiger charge is -2.35. The van der Waals surface area contributed by atoms with Gasteiger partial charge in [0.25, 0.3) is 0 Å². The first-order chi connectivity index (χ1) is 9.15. The van der Waals surface area contributed by atoms with Crippen molar-refractivity contribution in [3.05, 3.63) is 28.2 Å². The van der Waals surface area contributed by atoms with E-state index in [2.05, 4.69) is 70.0 Å². The van der Waals surface area contributed by atoms with Crippen LogP contribution in [0.4, 0.5) is 5.69 Å². The molecule has 0 aromatic heterocycles. The Morgan fingerprint density at radius 1 is 1.53 bits per heavy atom. The largest absolute Gasteiger partial charge is 0.369 e. The van der Waals surface area contributed by atoms with Gasteiger partial charge in [0.1, 0.15) is 0 Å². The molecule has 1 aliphatic rings. The molecule has 1 N–H and O–H groups in total. The van der Waals surface area contributed by atoms with Crippen LogP contribution in [-0.4, -0.2) is 31.1 Å². The summed E-state index contributed by atoms with van der Waals surface area (Å²) in [4.78, 5) is 2.55. The molecular formula is C15H23BrN2S. The van der Waals surface area contributed by atoms with Crippen molar-refractivity contribution < 1.29 is 0 Å². The summed E-state index contributed by atoms with van der Waals surface area (Å²) < 4.78 is 1.17. The van der Waals surface area contributed by atoms with E-state index in [1.54, 1.807) is 0 Å². The molecule has 1 aromatic rings. The van der Waals surface area contributed by atoms with Gasteiger partial charge in [0.05, 0.1) is 0 Å². The van der Waals surface area contributed by atoms with Gasteiger partial charge in [0.2, 0.25) is 0 Å². The summed E-state index contributed by atoms with van der Waals surface area (Å²) >= 11 is 5.73. The molecule has 0 amide bonds. The van der Waals surface area contributed by atoms with Crippen LogP contribution in [0.25, 0.3) is 0 Å². The highest BCUT2D eigenvalue weighted by atomic mass is 79.9. The average Bonchev–Trinajstić information content (AvgIpc) is 2.46. The zero-order valence-corrected chi connectivity index (χ0v) is 14.4. The van der Waals surface area contributed by atoms with Crippen LogP contribution < -0.4 is 10.2 Å². The number of nitrogens with zero attached hydrogens (tertiary/aromatic N) is 1. The minimum atomic E-state index is 0.387. The first-order valence-corrected chi connectivity index (χ1v) is 8.83. The van der Waals surface area contributed by atoms with Crippen LogP contribution in [0.3, 0.4) is 0 Å². The maximum atomic E-state index is 3.61. The van der Waals surface area contributed by atoms with Gasteiger partial charge in [0, 0.05) is 40.3 Å². The third-order valence-electron chi connectivity index (χ3n) is 3.83. The molecule has 4 heteroatoms. The number of nitrogens with one attached hydrogen (secondary N) is 1. The Morgan fingerprint density at radius 2 is 2.32 bits per heavy atom. The molecule has 2 nitrogen and oxygen atoms in total. The molecule has 0 aliphatic carbocycles. The van der Waals surface area contributed by atoms with Gasteiger partial charge in [-0.05, 0) is 38.1 Å². The first kappa shape index (κ1) is 15.2. The number of thioether (sulfide) groups is 1. The van der Waals surface area contributed by atoms with Crippen LogP contribution >= 0.6 is 27.7 Å². The van der Waals surface area contributed by atoms with Crippen molar-refractivity contribution in [3.8, 4) is 0 Å². The van der Waals surface area contributed by atoms with Crippen molar-refractivity contribution in [2.45, 2.75) is 31.6 Å². The Balaban J connectivity index is 2.28. The SMILES string of the molecule is CCC1CN(c2cc(Br)ccc2C(C)NC)CCS1. The molecule has 106 valence electrons. The number of benzene rings is 1. The summed E-state index contributed by atoms with van der Waals surface area (Å²) in [6.45, 7) is 6.84. The highest BCUT2D eigenvalue weighted by Crippen LogP contribution is 2.33. The van der Waals surface area contributed by atoms with Gasteiger partial charge in [-0.2, -0.15) is 11.8 Å². The van der Waals surface area contributed by atoms with E-state index in [1.165, 1.54) is 34.4 Å². The molecule has 2 unspecified atom stereocenters. The number of halogens is 1. The van der Waals surface area contributed by atoms with Crippen LogP contribution in [0.1, 0.15) is 31.9 Å². The molecule has 1 heterocycles. The molecular weight excluding hydrogens is 320 g/mol. The zero-order valence-electron chi connectivity index (χ0n) is 11.9. The molecule has 1 aromatic carbocycles. The fourth-order valence-corrected chi connectivity index (χ4v) is 4.03. The van der Waals surface area contributed by atoms with Crippen molar-refractivity contribution in [1.82, 2.24) is 5.32 Å². The number of hydrogen-bond acceptors (Lipinski definition) is 3. The molecule has 0 bridgehead atoms. The summed E-state index contributed by atoms with van der Waals surface area (Å²) in [5.41, 5.74) is 2.78. The second kappa shape index (κ2) is 7.00. The lowest BCUT2D eigenvalue weighted by atomic mass is 10.0. The van der Waals surface area contributed by atoms with E-state index >= 15 is 0 Å². The maximum absolute atomic E-state index is 3.61. The maximum Gasteiger partial charge on any atom is 0.0426 e. The number of rotatable bonds is 4. The van der Waals surface area contributed by atoms with Crippen LogP contribution in [0.15, 0.2) is 22.7 Å². The van der Waals surface area contributed by atoms with Crippen LogP contribution in [0, 0.1) is 0 Å². The van der Waals surface area contributed by atoms with E-state index in [1.807, 2.05) is 7.05 Å². The third-order valence-corrected chi connectivity index (χ3v) is 5.69. The zero-order chi connectivity index (χ0) is 13.8. The van der Waals surface area contributed by atoms with Crippen molar-refractivity contribution in [2.75, 3.05) is 30.8 Å². The van der Waals surface area contributed by atoms with Gasteiger partial charge in [-0.1, -0.05) is 28.9 Å². The Kier molecular flexibility index (Phi) is 5.60. The molecule has 0 saturated carbocycles. The lowest BCUT2D eigenvalue weighted by molar-refractivity contribution is 0.643. The molecule has 1 aliphatic heterocycles. The fraction of sp³-hybridized carbons (Fsp3) is 0.600. The number of hydrogen-bond donors (Lipinski definition) is 1. The summed E-state index contributed by atoms with van der Waals surface area (Å²) in [6, 6.07) is 7.04. The quantitative estimate of drug-likeness (QED) is 0.888. The summed E-state index contributed by atoms with van der Waals surface area (Å²) in [5.74, 6) is 1.23. The standard InChI is InChI=1S/C15H23BrN2S/c1-4-13-10-18(7-8-19-13)15-9-12(16)5-6-14(15)11(2)17-3/h5-6,9,11,13,17H,4,7-8,10H2,1-3H3. The Bertz CT molecular complexity index is 425. The van der Waals surface area contributed by atoms with Gasteiger partial charge in [0.15, 0.2) is 0 Å². The molecule has 0 radical (unpaired) electrons. The topological polar surface area (TPSA) is 15.3 Å². The number of anilines is 1. The second-order valence-corrected chi connectivity index (χ2v) is 7.38. The molecule has 1 saturated heterocycles. The Hall–Kier alpha value is -0.190. The minimum Gasteiger partial charge on any atom is -0.369 e. The monoisotopic (exact) mass is 342 g/mol. The van der Waals surface area contributed by atoms with Gasteiger partial charge in [-0.15, -0.1) is 0 Å². The van der Waals surface area contributed by atoms with Gasteiger partial charge in [-0.25, -0.2) is 0 Å². The van der Waals surface area contributed by atoms with Gasteiger partial charge in [-0.3, -0.25) is 0 Å². The summed E-state index contributed by atoms with van der Waals surface area (Å²) in [7, 11) is 2.03. The Morgan fingerprint density at radius 3 is 3.00 bits per heavy atom. The molecule has 19 heavy (non-hydrogen) atoms. The minimum absolute atomic E-state index is 0.387. The van der Waals surface area contributed by atoms with Crippen molar-refractivity contribution in [3.63, 3.8) is 0 Å². The van der Waals surface area contributed by atoms with Crippen molar-refractivity contribution >= 4 is 33.4 Å².